The molecule has 2 amide bonds. The van der Waals surface area contributed by atoms with Crippen LogP contribution in [0.3, 0.4) is 0 Å². The molecule has 10 N–H and O–H groups in total. The van der Waals surface area contributed by atoms with Gasteiger partial charge in [-0.1, -0.05) is 50.6 Å². The molecule has 234 valence electrons. The van der Waals surface area contributed by atoms with Crippen LogP contribution in [0.15, 0.2) is 30.3 Å². The standard InChI is InChI=1S/C30H48N6O6/c1-18(2)23(34)27(40)36(26(39)21(33)17-19-11-6-5-7-12-19)30(28(41)42,25(38)22-14-10-16-35-22)29(3,4)24(37)20(32)13-8-9-15-31/h5-7,11-12,18,20-23,35H,8-10,13-17,31-34H2,1-4H3,(H,41,42). The van der Waals surface area contributed by atoms with Crippen LogP contribution < -0.4 is 28.3 Å². The number of nitrogens with one attached hydrogen (secondary N) is 1. The third-order valence-electron chi connectivity index (χ3n) is 8.26. The summed E-state index contributed by atoms with van der Waals surface area (Å²) < 4.78 is 0. The van der Waals surface area contributed by atoms with Crippen LogP contribution >= 0.6 is 0 Å². The molecule has 42 heavy (non-hydrogen) atoms. The van der Waals surface area contributed by atoms with Crippen LogP contribution in [0.25, 0.3) is 0 Å². The first kappa shape index (κ1) is 35.2. The van der Waals surface area contributed by atoms with Crippen LogP contribution in [0.1, 0.15) is 65.4 Å². The van der Waals surface area contributed by atoms with E-state index in [2.05, 4.69) is 5.32 Å². The van der Waals surface area contributed by atoms with E-state index >= 15 is 0 Å². The molecule has 0 saturated carbocycles. The van der Waals surface area contributed by atoms with Crippen molar-refractivity contribution in [3.05, 3.63) is 35.9 Å². The summed E-state index contributed by atoms with van der Waals surface area (Å²) in [4.78, 5) is 70.9. The van der Waals surface area contributed by atoms with Crippen molar-refractivity contribution in [2.45, 2.75) is 95.9 Å². The molecule has 1 heterocycles. The fraction of sp³-hybridized carbons (Fsp3) is 0.633. The molecule has 1 aliphatic rings. The summed E-state index contributed by atoms with van der Waals surface area (Å²) in [5, 5.41) is 14.0. The number of Topliss-reactive ketones (excluding diaryl/α,β-unsaturated/α-hetero) is 2. The molecule has 5 unspecified atom stereocenters. The summed E-state index contributed by atoms with van der Waals surface area (Å²) in [5.41, 5.74) is 19.9. The maximum atomic E-state index is 14.5. The number of carboxylic acids is 1. The lowest BCUT2D eigenvalue weighted by Gasteiger charge is -2.49. The first-order valence-electron chi connectivity index (χ1n) is 14.6. The van der Waals surface area contributed by atoms with Crippen LogP contribution in [-0.4, -0.2) is 82.2 Å². The van der Waals surface area contributed by atoms with Gasteiger partial charge in [-0.3, -0.25) is 24.1 Å². The summed E-state index contributed by atoms with van der Waals surface area (Å²) in [6, 6.07) is 3.71. The van der Waals surface area contributed by atoms with E-state index in [0.717, 1.165) is 0 Å². The van der Waals surface area contributed by atoms with E-state index in [1.54, 1.807) is 44.2 Å². The third-order valence-corrected chi connectivity index (χ3v) is 8.26. The number of hydrogen-bond donors (Lipinski definition) is 6. The quantitative estimate of drug-likeness (QED) is 0.112. The molecular formula is C30H48N6O6. The van der Waals surface area contributed by atoms with Crippen LogP contribution in [0.5, 0.6) is 0 Å². The van der Waals surface area contributed by atoms with Gasteiger partial charge in [0.15, 0.2) is 11.6 Å². The van der Waals surface area contributed by atoms with E-state index < -0.39 is 70.4 Å². The van der Waals surface area contributed by atoms with Gasteiger partial charge in [-0.05, 0) is 70.5 Å². The van der Waals surface area contributed by atoms with Gasteiger partial charge in [0.2, 0.25) is 17.4 Å². The molecule has 0 spiro atoms. The number of amides is 2. The number of carbonyl (C=O) groups excluding carboxylic acids is 4. The highest BCUT2D eigenvalue weighted by Gasteiger charge is 2.69. The monoisotopic (exact) mass is 588 g/mol. The minimum atomic E-state index is -2.99. The zero-order valence-corrected chi connectivity index (χ0v) is 25.2. The minimum Gasteiger partial charge on any atom is -0.479 e. The van der Waals surface area contributed by atoms with Gasteiger partial charge in [0.05, 0.1) is 29.6 Å². The van der Waals surface area contributed by atoms with Gasteiger partial charge >= 0.3 is 5.97 Å². The number of unbranched alkanes of at least 4 members (excludes halogenated alkanes) is 1. The molecule has 12 heteroatoms. The number of rotatable bonds is 16. The Morgan fingerprint density at radius 2 is 1.62 bits per heavy atom. The molecule has 1 aromatic rings. The van der Waals surface area contributed by atoms with E-state index in [9.17, 15) is 29.1 Å². The van der Waals surface area contributed by atoms with Gasteiger partial charge in [-0.2, -0.15) is 0 Å². The fourth-order valence-electron chi connectivity index (χ4n) is 5.60. The highest BCUT2D eigenvalue weighted by Crippen LogP contribution is 2.42. The van der Waals surface area contributed by atoms with Gasteiger partial charge < -0.3 is 33.4 Å². The number of benzene rings is 1. The molecule has 1 fully saturated rings. The Bertz CT molecular complexity index is 1120. The number of carboxylic acid groups (broad SMARTS) is 1. The van der Waals surface area contributed by atoms with E-state index in [1.807, 2.05) is 0 Å². The van der Waals surface area contributed by atoms with Gasteiger partial charge in [-0.15, -0.1) is 0 Å². The average Bonchev–Trinajstić information content (AvgIpc) is 3.49. The second kappa shape index (κ2) is 14.9. The molecule has 2 rings (SSSR count). The Hall–Kier alpha value is -3.03. The number of nitrogens with zero attached hydrogens (tertiary/aromatic N) is 1. The number of imide groups is 1. The maximum Gasteiger partial charge on any atom is 0.339 e. The second-order valence-electron chi connectivity index (χ2n) is 12.0. The van der Waals surface area contributed by atoms with E-state index in [0.29, 0.717) is 42.8 Å². The van der Waals surface area contributed by atoms with E-state index in [1.165, 1.54) is 13.8 Å². The molecule has 5 atom stereocenters. The Labute approximate surface area is 247 Å². The Morgan fingerprint density at radius 1 is 1.00 bits per heavy atom. The first-order valence-corrected chi connectivity index (χ1v) is 14.6. The van der Waals surface area contributed by atoms with Gasteiger partial charge in [0.25, 0.3) is 0 Å². The molecule has 1 aliphatic heterocycles. The average molecular weight is 589 g/mol. The molecule has 0 radical (unpaired) electrons. The summed E-state index contributed by atoms with van der Waals surface area (Å²) in [6.07, 6.45) is 1.99. The summed E-state index contributed by atoms with van der Waals surface area (Å²) in [6.45, 7) is 6.54. The second-order valence-corrected chi connectivity index (χ2v) is 12.0. The van der Waals surface area contributed by atoms with E-state index in [4.69, 9.17) is 22.9 Å². The van der Waals surface area contributed by atoms with Crippen molar-refractivity contribution >= 4 is 29.4 Å². The maximum absolute atomic E-state index is 14.5. The molecule has 12 nitrogen and oxygen atoms in total. The number of carbonyl (C=O) groups is 5. The lowest BCUT2D eigenvalue weighted by atomic mass is 9.62. The van der Waals surface area contributed by atoms with E-state index in [-0.39, 0.29) is 19.3 Å². The van der Waals surface area contributed by atoms with Crippen molar-refractivity contribution in [2.24, 2.45) is 34.3 Å². The number of ketones is 2. The lowest BCUT2D eigenvalue weighted by Crippen LogP contribution is -2.78. The van der Waals surface area contributed by atoms with Crippen molar-refractivity contribution in [3.8, 4) is 0 Å². The van der Waals surface area contributed by atoms with Crippen LogP contribution in [-0.2, 0) is 30.4 Å². The van der Waals surface area contributed by atoms with Gasteiger partial charge in [0, 0.05) is 0 Å². The summed E-state index contributed by atoms with van der Waals surface area (Å²) in [7, 11) is 0. The zero-order chi connectivity index (χ0) is 31.8. The topological polar surface area (TPSA) is 225 Å². The fourth-order valence-corrected chi connectivity index (χ4v) is 5.60. The van der Waals surface area contributed by atoms with Gasteiger partial charge in [-0.25, -0.2) is 4.79 Å². The molecule has 1 aromatic carbocycles. The van der Waals surface area contributed by atoms with Crippen molar-refractivity contribution in [1.29, 1.82) is 0 Å². The predicted molar refractivity (Wildman–Crippen MR) is 159 cm³/mol. The largest absolute Gasteiger partial charge is 0.479 e. The van der Waals surface area contributed by atoms with Crippen molar-refractivity contribution in [2.75, 3.05) is 13.1 Å². The normalized spacial score (nSPS) is 19.0. The SMILES string of the molecule is CC(C)C(N)C(=O)N(C(=O)C(N)Cc1ccccc1)C(C(=O)O)(C(=O)C1CCCN1)C(C)(C)C(=O)C(N)CCCCN. The molecule has 0 bridgehead atoms. The van der Waals surface area contributed by atoms with Crippen LogP contribution in [0.4, 0.5) is 0 Å². The molecule has 0 aromatic heterocycles. The van der Waals surface area contributed by atoms with Crippen molar-refractivity contribution < 1.29 is 29.1 Å². The van der Waals surface area contributed by atoms with Crippen LogP contribution in [0, 0.1) is 11.3 Å². The highest BCUT2D eigenvalue weighted by atomic mass is 16.4. The predicted octanol–water partition coefficient (Wildman–Crippen LogP) is 0.0910. The smallest absolute Gasteiger partial charge is 0.339 e. The summed E-state index contributed by atoms with van der Waals surface area (Å²) in [5.74, 6) is -6.38. The highest BCUT2D eigenvalue weighted by molar-refractivity contribution is 6.21. The Morgan fingerprint density at radius 3 is 2.12 bits per heavy atom. The Kier molecular flexibility index (Phi) is 12.5. The first-order chi connectivity index (χ1) is 19.7. The van der Waals surface area contributed by atoms with Crippen molar-refractivity contribution in [3.63, 3.8) is 0 Å². The number of nitrogens with two attached hydrogens (primary N) is 4. The zero-order valence-electron chi connectivity index (χ0n) is 25.2. The molecular weight excluding hydrogens is 540 g/mol. The van der Waals surface area contributed by atoms with Crippen molar-refractivity contribution in [1.82, 2.24) is 10.2 Å². The number of hydrogen-bond acceptors (Lipinski definition) is 10. The summed E-state index contributed by atoms with van der Waals surface area (Å²) >= 11 is 0. The third kappa shape index (κ3) is 7.12. The number of aliphatic carboxylic acids is 1. The molecule has 0 aliphatic carbocycles. The van der Waals surface area contributed by atoms with Gasteiger partial charge in [0.1, 0.15) is 0 Å². The Balaban J connectivity index is 2.84. The van der Waals surface area contributed by atoms with Crippen LogP contribution in [0.2, 0.25) is 0 Å². The lowest BCUT2D eigenvalue weighted by molar-refractivity contribution is -0.183. The minimum absolute atomic E-state index is 0.0566. The molecule has 1 saturated heterocycles.